The number of pyridine rings is 1. The first-order valence-electron chi connectivity index (χ1n) is 10.4. The maximum absolute atomic E-state index is 12.9. The number of anilines is 1. The molecule has 0 bridgehead atoms. The number of β-amino-alcohol motifs (C(OH)–C–C–N with tert-alkyl or cyclic N) is 1. The van der Waals surface area contributed by atoms with E-state index in [-0.39, 0.29) is 23.6 Å². The molecule has 1 saturated heterocycles. The van der Waals surface area contributed by atoms with Gasteiger partial charge in [-0.25, -0.2) is 15.0 Å². The van der Waals surface area contributed by atoms with Crippen LogP contribution in [0, 0.1) is 6.92 Å². The fourth-order valence-corrected chi connectivity index (χ4v) is 3.95. The number of hydrogen-bond donors (Lipinski definition) is 1. The molecule has 2 amide bonds. The maximum atomic E-state index is 12.9. The number of rotatable bonds is 7. The number of aliphatic hydroxyl groups is 1. The van der Waals surface area contributed by atoms with Crippen LogP contribution in [0.4, 0.5) is 5.95 Å². The Bertz CT molecular complexity index is 962. The molecule has 0 spiro atoms. The highest BCUT2D eigenvalue weighted by molar-refractivity contribution is 6.22. The second-order valence-electron chi connectivity index (χ2n) is 7.64. The molecule has 1 unspecified atom stereocenters. The molecular weight excluding hydrogens is 400 g/mol. The van der Waals surface area contributed by atoms with Crippen LogP contribution in [0.3, 0.4) is 0 Å². The molecule has 0 aromatic carbocycles. The molecule has 2 aromatic heterocycles. The summed E-state index contributed by atoms with van der Waals surface area (Å²) in [5.74, 6) is -0.0209. The third-order valence-electron chi connectivity index (χ3n) is 5.40. The molecule has 2 aliphatic heterocycles. The lowest BCUT2D eigenvalue weighted by Gasteiger charge is -2.35. The molecule has 1 fully saturated rings. The Hall–Kier alpha value is -3.11. The van der Waals surface area contributed by atoms with Crippen molar-refractivity contribution in [1.82, 2.24) is 24.8 Å². The number of hydrogen-bond acceptors (Lipinski definition) is 9. The Labute approximate surface area is 180 Å². The normalized spacial score (nSPS) is 17.8. The van der Waals surface area contributed by atoms with E-state index in [1.807, 2.05) is 0 Å². The van der Waals surface area contributed by atoms with Gasteiger partial charge in [-0.15, -0.1) is 0 Å². The molecule has 4 heterocycles. The second kappa shape index (κ2) is 8.94. The molecule has 31 heavy (non-hydrogen) atoms. The second-order valence-corrected chi connectivity index (χ2v) is 7.64. The lowest BCUT2D eigenvalue weighted by molar-refractivity contribution is 0.0468. The molecule has 2 aromatic rings. The zero-order valence-electron chi connectivity index (χ0n) is 17.7. The molecule has 10 heteroatoms. The molecule has 164 valence electrons. The predicted molar refractivity (Wildman–Crippen MR) is 112 cm³/mol. The van der Waals surface area contributed by atoms with Crippen LogP contribution in [0.5, 0.6) is 5.88 Å². The van der Waals surface area contributed by atoms with Crippen molar-refractivity contribution in [2.45, 2.75) is 20.0 Å². The monoisotopic (exact) mass is 426 g/mol. The van der Waals surface area contributed by atoms with Gasteiger partial charge in [-0.05, 0) is 26.0 Å². The van der Waals surface area contributed by atoms with Gasteiger partial charge in [0.2, 0.25) is 11.8 Å². The first-order chi connectivity index (χ1) is 15.0. The van der Waals surface area contributed by atoms with Crippen molar-refractivity contribution in [2.24, 2.45) is 0 Å². The van der Waals surface area contributed by atoms with E-state index in [1.165, 1.54) is 0 Å². The van der Waals surface area contributed by atoms with E-state index in [9.17, 15) is 14.7 Å². The highest BCUT2D eigenvalue weighted by Gasteiger charge is 2.40. The van der Waals surface area contributed by atoms with E-state index >= 15 is 0 Å². The Morgan fingerprint density at radius 1 is 1.10 bits per heavy atom. The summed E-state index contributed by atoms with van der Waals surface area (Å²) < 4.78 is 5.47. The van der Waals surface area contributed by atoms with Gasteiger partial charge in [0.1, 0.15) is 5.56 Å². The smallest absolute Gasteiger partial charge is 0.267 e. The zero-order chi connectivity index (χ0) is 22.0. The van der Waals surface area contributed by atoms with Crippen LogP contribution in [0.25, 0.3) is 0 Å². The summed E-state index contributed by atoms with van der Waals surface area (Å²) in [6, 6.07) is 3.37. The third-order valence-corrected chi connectivity index (χ3v) is 5.40. The van der Waals surface area contributed by atoms with Crippen LogP contribution in [-0.2, 0) is 0 Å². The van der Waals surface area contributed by atoms with Crippen LogP contribution in [0.1, 0.15) is 33.3 Å². The Kier molecular flexibility index (Phi) is 6.10. The van der Waals surface area contributed by atoms with E-state index in [4.69, 9.17) is 4.74 Å². The molecule has 4 rings (SSSR count). The highest BCUT2D eigenvalue weighted by atomic mass is 16.5. The summed E-state index contributed by atoms with van der Waals surface area (Å²) >= 11 is 0. The summed E-state index contributed by atoms with van der Waals surface area (Å²) in [6.07, 6.45) is 2.58. The lowest BCUT2D eigenvalue weighted by atomic mass is 10.1. The molecular formula is C21H26N6O4. The number of ether oxygens (including phenoxy) is 1. The number of piperazine rings is 1. The Morgan fingerprint density at radius 2 is 1.81 bits per heavy atom. The fraction of sp³-hybridized carbons (Fsp3) is 0.476. The molecule has 0 radical (unpaired) electrons. The zero-order valence-corrected chi connectivity index (χ0v) is 17.7. The Balaban J connectivity index is 1.36. The largest absolute Gasteiger partial charge is 0.477 e. The summed E-state index contributed by atoms with van der Waals surface area (Å²) in [5, 5.41) is 10.6. The number of amides is 2. The highest BCUT2D eigenvalue weighted by Crippen LogP contribution is 2.30. The van der Waals surface area contributed by atoms with Crippen LogP contribution in [-0.4, -0.2) is 93.7 Å². The fourth-order valence-electron chi connectivity index (χ4n) is 3.95. The van der Waals surface area contributed by atoms with Gasteiger partial charge in [0, 0.05) is 50.8 Å². The van der Waals surface area contributed by atoms with Crippen molar-refractivity contribution in [3.8, 4) is 5.88 Å². The average Bonchev–Trinajstić information content (AvgIpc) is 2.99. The van der Waals surface area contributed by atoms with E-state index < -0.39 is 17.9 Å². The quantitative estimate of drug-likeness (QED) is 0.627. The minimum Gasteiger partial charge on any atom is -0.477 e. The first kappa shape index (κ1) is 21.1. The van der Waals surface area contributed by atoms with Gasteiger partial charge in [-0.3, -0.25) is 19.4 Å². The molecule has 1 atom stereocenters. The number of aromatic nitrogens is 3. The molecule has 1 N–H and O–H groups in total. The molecule has 10 nitrogen and oxygen atoms in total. The van der Waals surface area contributed by atoms with Gasteiger partial charge >= 0.3 is 0 Å². The SMILES string of the molecule is CCOc1nc(C)cc2c1C(=O)N(CC(O)CN1CCN(c3ncccn3)CC1)C2=O. The number of imide groups is 1. The molecule has 0 aliphatic carbocycles. The lowest BCUT2D eigenvalue weighted by Crippen LogP contribution is -2.50. The maximum Gasteiger partial charge on any atom is 0.267 e. The average molecular weight is 426 g/mol. The number of carbonyl (C=O) groups excluding carboxylic acids is 2. The van der Waals surface area contributed by atoms with Crippen molar-refractivity contribution in [3.05, 3.63) is 41.3 Å². The topological polar surface area (TPSA) is 112 Å². The van der Waals surface area contributed by atoms with Crippen LogP contribution < -0.4 is 9.64 Å². The minimum absolute atomic E-state index is 0.0705. The van der Waals surface area contributed by atoms with Crippen molar-refractivity contribution >= 4 is 17.8 Å². The van der Waals surface area contributed by atoms with Gasteiger partial charge in [0.15, 0.2) is 0 Å². The number of fused-ring (bicyclic) bond motifs is 1. The number of nitrogens with zero attached hydrogens (tertiary/aromatic N) is 6. The number of aryl methyl sites for hydroxylation is 1. The van der Waals surface area contributed by atoms with Crippen molar-refractivity contribution in [2.75, 3.05) is 50.8 Å². The summed E-state index contributed by atoms with van der Waals surface area (Å²) in [4.78, 5) is 43.8. The van der Waals surface area contributed by atoms with Gasteiger partial charge in [0.05, 0.1) is 24.8 Å². The number of carbonyl (C=O) groups is 2. The first-order valence-corrected chi connectivity index (χ1v) is 10.4. The van der Waals surface area contributed by atoms with E-state index in [0.29, 0.717) is 24.8 Å². The Morgan fingerprint density at radius 3 is 2.48 bits per heavy atom. The predicted octanol–water partition coefficient (Wildman–Crippen LogP) is 0.358. The van der Waals surface area contributed by atoms with Gasteiger partial charge in [-0.1, -0.05) is 0 Å². The van der Waals surface area contributed by atoms with E-state index in [0.717, 1.165) is 31.1 Å². The minimum atomic E-state index is -0.855. The van der Waals surface area contributed by atoms with Gasteiger partial charge in [0.25, 0.3) is 11.8 Å². The standard InChI is InChI=1S/C21H26N6O4/c1-3-31-18-17-16(11-14(2)24-18)19(29)27(20(17)30)13-15(28)12-25-7-9-26(10-8-25)21-22-5-4-6-23-21/h4-6,11,15,28H,3,7-10,12-13H2,1-2H3. The third kappa shape index (κ3) is 4.35. The van der Waals surface area contributed by atoms with Gasteiger partial charge < -0.3 is 14.7 Å². The van der Waals surface area contributed by atoms with E-state index in [2.05, 4.69) is 24.8 Å². The number of aliphatic hydroxyl groups excluding tert-OH is 1. The van der Waals surface area contributed by atoms with Crippen molar-refractivity contribution in [1.29, 1.82) is 0 Å². The van der Waals surface area contributed by atoms with E-state index in [1.54, 1.807) is 38.4 Å². The molecule has 0 saturated carbocycles. The van der Waals surface area contributed by atoms with Crippen molar-refractivity contribution < 1.29 is 19.4 Å². The van der Waals surface area contributed by atoms with Crippen LogP contribution in [0.2, 0.25) is 0 Å². The van der Waals surface area contributed by atoms with Gasteiger partial charge in [-0.2, -0.15) is 0 Å². The summed E-state index contributed by atoms with van der Waals surface area (Å²) in [5.41, 5.74) is 1.07. The summed E-state index contributed by atoms with van der Waals surface area (Å²) in [6.45, 7) is 7.13. The molecule has 2 aliphatic rings. The van der Waals surface area contributed by atoms with Crippen LogP contribution in [0.15, 0.2) is 24.5 Å². The summed E-state index contributed by atoms with van der Waals surface area (Å²) in [7, 11) is 0. The van der Waals surface area contributed by atoms with Crippen LogP contribution >= 0.6 is 0 Å². The van der Waals surface area contributed by atoms with Crippen molar-refractivity contribution in [3.63, 3.8) is 0 Å².